The standard InChI is InChI=1S/C12H10BrClN4O2/c13-11-6-7(1-2-12(11)14)16-8-3-9(17-15)5-10(4-8)18(19)20/h1-6,16-17H,15H2. The lowest BCUT2D eigenvalue weighted by molar-refractivity contribution is -0.384. The highest BCUT2D eigenvalue weighted by atomic mass is 79.9. The Labute approximate surface area is 128 Å². The molecule has 20 heavy (non-hydrogen) atoms. The minimum Gasteiger partial charge on any atom is -0.355 e. The zero-order valence-corrected chi connectivity index (χ0v) is 12.4. The maximum absolute atomic E-state index is 10.9. The number of non-ortho nitro benzene ring substituents is 1. The van der Waals surface area contributed by atoms with E-state index in [2.05, 4.69) is 26.7 Å². The van der Waals surface area contributed by atoms with Crippen molar-refractivity contribution < 1.29 is 4.92 Å². The molecule has 104 valence electrons. The largest absolute Gasteiger partial charge is 0.355 e. The van der Waals surface area contributed by atoms with Gasteiger partial charge in [-0.15, -0.1) is 0 Å². The first-order valence-corrected chi connectivity index (χ1v) is 6.65. The van der Waals surface area contributed by atoms with Crippen molar-refractivity contribution in [2.24, 2.45) is 5.84 Å². The van der Waals surface area contributed by atoms with Crippen LogP contribution in [0.15, 0.2) is 40.9 Å². The number of nitrogen functional groups attached to an aromatic ring is 1. The lowest BCUT2D eigenvalue weighted by atomic mass is 10.2. The van der Waals surface area contributed by atoms with E-state index in [0.717, 1.165) is 10.2 Å². The molecule has 0 aliphatic rings. The van der Waals surface area contributed by atoms with Crippen molar-refractivity contribution in [3.05, 3.63) is 56.0 Å². The number of hydrazine groups is 1. The van der Waals surface area contributed by atoms with Crippen LogP contribution in [0.5, 0.6) is 0 Å². The van der Waals surface area contributed by atoms with Crippen LogP contribution in [0.1, 0.15) is 0 Å². The van der Waals surface area contributed by atoms with Gasteiger partial charge >= 0.3 is 0 Å². The van der Waals surface area contributed by atoms with Crippen LogP contribution in [0.25, 0.3) is 0 Å². The molecule has 0 aliphatic heterocycles. The molecule has 0 saturated carbocycles. The summed E-state index contributed by atoms with van der Waals surface area (Å²) < 4.78 is 0.728. The summed E-state index contributed by atoms with van der Waals surface area (Å²) in [5.74, 6) is 5.30. The van der Waals surface area contributed by atoms with Crippen LogP contribution in [-0.4, -0.2) is 4.92 Å². The zero-order chi connectivity index (χ0) is 14.7. The highest BCUT2D eigenvalue weighted by Crippen LogP contribution is 2.30. The molecule has 0 atom stereocenters. The van der Waals surface area contributed by atoms with E-state index in [4.69, 9.17) is 17.4 Å². The Bertz CT molecular complexity index is 666. The molecule has 6 nitrogen and oxygen atoms in total. The number of nitrogens with one attached hydrogen (secondary N) is 2. The highest BCUT2D eigenvalue weighted by Gasteiger charge is 2.10. The average Bonchev–Trinajstić information content (AvgIpc) is 2.42. The van der Waals surface area contributed by atoms with Gasteiger partial charge in [0.2, 0.25) is 0 Å². The van der Waals surface area contributed by atoms with Crippen LogP contribution in [0.2, 0.25) is 5.02 Å². The number of benzene rings is 2. The normalized spacial score (nSPS) is 10.2. The second-order valence-corrected chi connectivity index (χ2v) is 5.19. The molecule has 0 radical (unpaired) electrons. The number of anilines is 3. The van der Waals surface area contributed by atoms with E-state index < -0.39 is 4.92 Å². The van der Waals surface area contributed by atoms with Gasteiger partial charge in [-0.05, 0) is 40.2 Å². The summed E-state index contributed by atoms with van der Waals surface area (Å²) in [6.07, 6.45) is 0. The third-order valence-electron chi connectivity index (χ3n) is 2.50. The molecule has 0 spiro atoms. The number of nitro groups is 1. The number of nitro benzene ring substituents is 1. The maximum Gasteiger partial charge on any atom is 0.273 e. The van der Waals surface area contributed by atoms with Crippen LogP contribution in [0.3, 0.4) is 0 Å². The molecule has 8 heteroatoms. The summed E-state index contributed by atoms with van der Waals surface area (Å²) in [4.78, 5) is 10.4. The van der Waals surface area contributed by atoms with Crippen molar-refractivity contribution in [3.8, 4) is 0 Å². The van der Waals surface area contributed by atoms with E-state index in [1.54, 1.807) is 24.3 Å². The van der Waals surface area contributed by atoms with Gasteiger partial charge in [-0.2, -0.15) is 0 Å². The van der Waals surface area contributed by atoms with Crippen molar-refractivity contribution in [1.82, 2.24) is 0 Å². The Morgan fingerprint density at radius 3 is 2.45 bits per heavy atom. The van der Waals surface area contributed by atoms with E-state index in [9.17, 15) is 10.1 Å². The minimum absolute atomic E-state index is 0.0593. The molecule has 2 aromatic carbocycles. The molecule has 2 rings (SSSR count). The second kappa shape index (κ2) is 6.08. The summed E-state index contributed by atoms with van der Waals surface area (Å²) in [7, 11) is 0. The van der Waals surface area contributed by atoms with Gasteiger partial charge in [-0.1, -0.05) is 11.6 Å². The molecule has 0 bridgehead atoms. The third-order valence-corrected chi connectivity index (χ3v) is 3.72. The number of nitrogens with two attached hydrogens (primary N) is 1. The molecular weight excluding hydrogens is 348 g/mol. The van der Waals surface area contributed by atoms with Gasteiger partial charge in [-0.3, -0.25) is 16.0 Å². The van der Waals surface area contributed by atoms with Crippen molar-refractivity contribution in [2.75, 3.05) is 10.7 Å². The molecule has 0 saturated heterocycles. The number of hydrogen-bond donors (Lipinski definition) is 3. The van der Waals surface area contributed by atoms with E-state index in [0.29, 0.717) is 16.4 Å². The number of hydrogen-bond acceptors (Lipinski definition) is 5. The highest BCUT2D eigenvalue weighted by molar-refractivity contribution is 9.10. The summed E-state index contributed by atoms with van der Waals surface area (Å²) in [6, 6.07) is 9.69. The van der Waals surface area contributed by atoms with E-state index in [1.807, 2.05) is 0 Å². The van der Waals surface area contributed by atoms with Crippen LogP contribution in [0, 0.1) is 10.1 Å². The Morgan fingerprint density at radius 1 is 1.15 bits per heavy atom. The number of rotatable bonds is 4. The topological polar surface area (TPSA) is 93.2 Å². The average molecular weight is 358 g/mol. The zero-order valence-electron chi connectivity index (χ0n) is 10.1. The maximum atomic E-state index is 10.9. The van der Waals surface area contributed by atoms with Crippen molar-refractivity contribution in [1.29, 1.82) is 0 Å². The van der Waals surface area contributed by atoms with Gasteiger partial charge < -0.3 is 10.7 Å². The lowest BCUT2D eigenvalue weighted by Crippen LogP contribution is -2.07. The SMILES string of the molecule is NNc1cc(Nc2ccc(Cl)c(Br)c2)cc([N+](=O)[O-])c1. The fourth-order valence-electron chi connectivity index (χ4n) is 1.61. The first-order chi connectivity index (χ1) is 9.49. The Balaban J connectivity index is 2.34. The van der Waals surface area contributed by atoms with Gasteiger partial charge in [0.05, 0.1) is 15.6 Å². The molecular formula is C12H10BrClN4O2. The van der Waals surface area contributed by atoms with Crippen molar-refractivity contribution >= 4 is 50.3 Å². The third kappa shape index (κ3) is 3.38. The summed E-state index contributed by atoms with van der Waals surface area (Å²) in [6.45, 7) is 0. The van der Waals surface area contributed by atoms with Gasteiger partial charge in [0.25, 0.3) is 5.69 Å². The smallest absolute Gasteiger partial charge is 0.273 e. The molecule has 4 N–H and O–H groups in total. The first kappa shape index (κ1) is 14.6. The van der Waals surface area contributed by atoms with Crippen LogP contribution in [0.4, 0.5) is 22.7 Å². The van der Waals surface area contributed by atoms with Crippen molar-refractivity contribution in [2.45, 2.75) is 0 Å². The van der Waals surface area contributed by atoms with Gasteiger partial charge in [0.1, 0.15) is 0 Å². The summed E-state index contributed by atoms with van der Waals surface area (Å²) in [5.41, 5.74) is 4.06. The minimum atomic E-state index is -0.482. The fourth-order valence-corrected chi connectivity index (χ4v) is 2.11. The molecule has 2 aromatic rings. The Morgan fingerprint density at radius 2 is 1.85 bits per heavy atom. The molecule has 0 fully saturated rings. The van der Waals surface area contributed by atoms with Crippen LogP contribution >= 0.6 is 27.5 Å². The number of halogens is 2. The van der Waals surface area contributed by atoms with Gasteiger partial charge in [-0.25, -0.2) is 0 Å². The molecule has 0 aliphatic carbocycles. The quantitative estimate of drug-likeness (QED) is 0.436. The first-order valence-electron chi connectivity index (χ1n) is 5.48. The Kier molecular flexibility index (Phi) is 4.43. The number of nitrogens with zero attached hydrogens (tertiary/aromatic N) is 1. The molecule has 0 unspecified atom stereocenters. The monoisotopic (exact) mass is 356 g/mol. The van der Waals surface area contributed by atoms with Gasteiger partial charge in [0.15, 0.2) is 0 Å². The van der Waals surface area contributed by atoms with Crippen LogP contribution < -0.4 is 16.6 Å². The predicted molar refractivity (Wildman–Crippen MR) is 83.3 cm³/mol. The van der Waals surface area contributed by atoms with Crippen LogP contribution in [-0.2, 0) is 0 Å². The fraction of sp³-hybridized carbons (Fsp3) is 0. The van der Waals surface area contributed by atoms with Crippen molar-refractivity contribution in [3.63, 3.8) is 0 Å². The summed E-state index contributed by atoms with van der Waals surface area (Å²) in [5, 5.41) is 14.5. The molecule has 0 aromatic heterocycles. The molecule has 0 amide bonds. The van der Waals surface area contributed by atoms with E-state index in [-0.39, 0.29) is 5.69 Å². The Hall–Kier alpha value is -1.83. The van der Waals surface area contributed by atoms with E-state index >= 15 is 0 Å². The predicted octanol–water partition coefficient (Wildman–Crippen LogP) is 4.04. The second-order valence-electron chi connectivity index (χ2n) is 3.92. The van der Waals surface area contributed by atoms with Gasteiger partial charge in [0, 0.05) is 28.0 Å². The van der Waals surface area contributed by atoms with E-state index in [1.165, 1.54) is 12.1 Å². The molecule has 0 heterocycles. The lowest BCUT2D eigenvalue weighted by Gasteiger charge is -2.09. The summed E-state index contributed by atoms with van der Waals surface area (Å²) >= 11 is 9.22.